The molecule has 2 nitrogen and oxygen atoms in total. The summed E-state index contributed by atoms with van der Waals surface area (Å²) in [6.45, 7) is 3.58. The fourth-order valence-electron chi connectivity index (χ4n) is 1.52. The van der Waals surface area contributed by atoms with Gasteiger partial charge in [0.15, 0.2) is 0 Å². The molecule has 3 heteroatoms. The highest BCUT2D eigenvalue weighted by atomic mass is 35.5. The smallest absolute Gasteiger partial charge is 0.0713 e. The first-order valence-corrected chi connectivity index (χ1v) is 4.81. The molecule has 1 aliphatic rings. The number of hydrogen-bond donors (Lipinski definition) is 1. The summed E-state index contributed by atoms with van der Waals surface area (Å²) in [6.07, 6.45) is 2.64. The van der Waals surface area contributed by atoms with Crippen molar-refractivity contribution in [3.05, 3.63) is 0 Å². The van der Waals surface area contributed by atoms with Gasteiger partial charge in [-0.05, 0) is 45.4 Å². The predicted octanol–water partition coefficient (Wildman–Crippen LogP) is 1.11. The van der Waals surface area contributed by atoms with E-state index in [0.29, 0.717) is 6.00 Å². The molecule has 0 aromatic heterocycles. The molecule has 0 amide bonds. The van der Waals surface area contributed by atoms with E-state index in [-0.39, 0.29) is 0 Å². The molecule has 11 heavy (non-hydrogen) atoms. The summed E-state index contributed by atoms with van der Waals surface area (Å²) in [6, 6.07) is 0.590. The Balaban J connectivity index is 2.07. The third-order valence-electron chi connectivity index (χ3n) is 2.37. The van der Waals surface area contributed by atoms with Crippen LogP contribution in [0.1, 0.15) is 12.8 Å². The van der Waals surface area contributed by atoms with Gasteiger partial charge in [0.05, 0.1) is 6.00 Å². The van der Waals surface area contributed by atoms with Crippen LogP contribution < -0.4 is 5.32 Å². The molecule has 1 N–H and O–H groups in total. The van der Waals surface area contributed by atoms with Crippen LogP contribution in [-0.2, 0) is 0 Å². The maximum atomic E-state index is 5.53. The molecule has 0 spiro atoms. The molecule has 1 saturated heterocycles. The van der Waals surface area contributed by atoms with Crippen molar-refractivity contribution in [3.8, 4) is 0 Å². The number of halogens is 1. The topological polar surface area (TPSA) is 15.3 Å². The van der Waals surface area contributed by atoms with Crippen molar-refractivity contribution in [1.82, 2.24) is 10.2 Å². The summed E-state index contributed by atoms with van der Waals surface area (Å²) < 4.78 is 0. The van der Waals surface area contributed by atoms with E-state index in [2.05, 4.69) is 17.3 Å². The van der Waals surface area contributed by atoms with E-state index >= 15 is 0 Å². The van der Waals surface area contributed by atoms with E-state index in [4.69, 9.17) is 11.6 Å². The number of nitrogens with zero attached hydrogens (tertiary/aromatic N) is 1. The lowest BCUT2D eigenvalue weighted by Gasteiger charge is -2.28. The zero-order valence-electron chi connectivity index (χ0n) is 7.15. The van der Waals surface area contributed by atoms with Gasteiger partial charge in [0.2, 0.25) is 0 Å². The fraction of sp³-hybridized carbons (Fsp3) is 1.00. The molecule has 0 aromatic carbocycles. The molecule has 1 aliphatic heterocycles. The Morgan fingerprint density at radius 2 is 2.09 bits per heavy atom. The normalized spacial score (nSPS) is 22.4. The molecule has 66 valence electrons. The number of piperidine rings is 1. The van der Waals surface area contributed by atoms with E-state index in [9.17, 15) is 0 Å². The second kappa shape index (κ2) is 4.96. The Labute approximate surface area is 73.9 Å². The highest BCUT2D eigenvalue weighted by molar-refractivity contribution is 6.17. The van der Waals surface area contributed by atoms with Crippen molar-refractivity contribution in [2.24, 2.45) is 5.92 Å². The molecule has 0 saturated carbocycles. The predicted molar refractivity (Wildman–Crippen MR) is 48.9 cm³/mol. The Hall–Kier alpha value is 0.210. The summed E-state index contributed by atoms with van der Waals surface area (Å²) in [7, 11) is 2.19. The van der Waals surface area contributed by atoms with Crippen LogP contribution >= 0.6 is 11.6 Å². The molecule has 0 bridgehead atoms. The van der Waals surface area contributed by atoms with Gasteiger partial charge in [-0.15, -0.1) is 11.6 Å². The van der Waals surface area contributed by atoms with Gasteiger partial charge in [-0.1, -0.05) is 0 Å². The maximum absolute atomic E-state index is 5.53. The summed E-state index contributed by atoms with van der Waals surface area (Å²) >= 11 is 5.53. The van der Waals surface area contributed by atoms with Crippen molar-refractivity contribution in [3.63, 3.8) is 0 Å². The molecule has 0 radical (unpaired) electrons. The molecule has 0 aromatic rings. The van der Waals surface area contributed by atoms with E-state index in [1.54, 1.807) is 0 Å². The van der Waals surface area contributed by atoms with E-state index in [1.807, 2.05) is 0 Å². The van der Waals surface area contributed by atoms with Crippen molar-refractivity contribution in [2.75, 3.05) is 32.7 Å². The van der Waals surface area contributed by atoms with Crippen molar-refractivity contribution in [2.45, 2.75) is 12.8 Å². The summed E-state index contributed by atoms with van der Waals surface area (Å²) in [5, 5.41) is 3.18. The Morgan fingerprint density at radius 3 is 2.64 bits per heavy atom. The Kier molecular flexibility index (Phi) is 4.20. The molecular weight excluding hydrogens is 160 g/mol. The van der Waals surface area contributed by atoms with Crippen LogP contribution in [0.2, 0.25) is 0 Å². The zero-order valence-corrected chi connectivity index (χ0v) is 7.90. The third kappa shape index (κ3) is 3.41. The number of hydrogen-bond acceptors (Lipinski definition) is 2. The zero-order chi connectivity index (χ0) is 8.10. The molecule has 0 atom stereocenters. The largest absolute Gasteiger partial charge is 0.306 e. The van der Waals surface area contributed by atoms with Crippen LogP contribution in [0, 0.1) is 5.92 Å². The van der Waals surface area contributed by atoms with E-state index in [0.717, 1.165) is 12.5 Å². The first-order valence-electron chi connectivity index (χ1n) is 4.28. The van der Waals surface area contributed by atoms with Gasteiger partial charge < -0.3 is 10.2 Å². The van der Waals surface area contributed by atoms with Gasteiger partial charge in [-0.25, -0.2) is 0 Å². The Morgan fingerprint density at radius 1 is 1.45 bits per heavy atom. The fourth-order valence-corrected chi connectivity index (χ4v) is 1.63. The van der Waals surface area contributed by atoms with Gasteiger partial charge in [-0.2, -0.15) is 0 Å². The van der Waals surface area contributed by atoms with Crippen molar-refractivity contribution < 1.29 is 0 Å². The van der Waals surface area contributed by atoms with Gasteiger partial charge in [0, 0.05) is 0 Å². The van der Waals surface area contributed by atoms with Gasteiger partial charge in [0.1, 0.15) is 0 Å². The van der Waals surface area contributed by atoms with Crippen LogP contribution in [0.5, 0.6) is 0 Å². The number of likely N-dealkylation sites (tertiary alicyclic amines) is 1. The highest BCUT2D eigenvalue weighted by Gasteiger charge is 2.15. The molecule has 1 heterocycles. The van der Waals surface area contributed by atoms with Crippen molar-refractivity contribution >= 4 is 11.6 Å². The summed E-state index contributed by atoms with van der Waals surface area (Å²) in [5.41, 5.74) is 0. The molecule has 0 unspecified atom stereocenters. The van der Waals surface area contributed by atoms with Crippen LogP contribution in [0.4, 0.5) is 0 Å². The van der Waals surface area contributed by atoms with Crippen molar-refractivity contribution in [1.29, 1.82) is 0 Å². The summed E-state index contributed by atoms with van der Waals surface area (Å²) in [4.78, 5) is 2.39. The minimum atomic E-state index is 0.590. The average Bonchev–Trinajstić information content (AvgIpc) is 2.04. The van der Waals surface area contributed by atoms with Gasteiger partial charge >= 0.3 is 0 Å². The second-order valence-corrected chi connectivity index (χ2v) is 3.60. The van der Waals surface area contributed by atoms with Crippen LogP contribution in [-0.4, -0.2) is 37.6 Å². The first-order chi connectivity index (χ1) is 5.33. The van der Waals surface area contributed by atoms with E-state index < -0.39 is 0 Å². The lowest BCUT2D eigenvalue weighted by molar-refractivity contribution is 0.217. The minimum absolute atomic E-state index is 0.590. The molecule has 1 rings (SSSR count). The molecule has 0 aliphatic carbocycles. The van der Waals surface area contributed by atoms with Gasteiger partial charge in [0.25, 0.3) is 0 Å². The van der Waals surface area contributed by atoms with Crippen LogP contribution in [0.15, 0.2) is 0 Å². The third-order valence-corrected chi connectivity index (χ3v) is 2.55. The second-order valence-electron chi connectivity index (χ2n) is 3.33. The number of alkyl halides is 1. The van der Waals surface area contributed by atoms with Crippen LogP contribution in [0.3, 0.4) is 0 Å². The average molecular weight is 177 g/mol. The molecule has 1 fully saturated rings. The SMILES string of the molecule is CN1CCC(CNCCl)CC1. The number of rotatable bonds is 3. The maximum Gasteiger partial charge on any atom is 0.0713 e. The highest BCUT2D eigenvalue weighted by Crippen LogP contribution is 2.14. The lowest BCUT2D eigenvalue weighted by Crippen LogP contribution is -2.34. The monoisotopic (exact) mass is 176 g/mol. The van der Waals surface area contributed by atoms with Crippen LogP contribution in [0.25, 0.3) is 0 Å². The summed E-state index contributed by atoms with van der Waals surface area (Å²) in [5.74, 6) is 0.852. The standard InChI is InChI=1S/C8H17ClN2/c1-11-4-2-8(3-5-11)6-10-7-9/h8,10H,2-7H2,1H3. The quantitative estimate of drug-likeness (QED) is 0.512. The van der Waals surface area contributed by atoms with E-state index in [1.165, 1.54) is 25.9 Å². The first kappa shape index (κ1) is 9.30. The van der Waals surface area contributed by atoms with Gasteiger partial charge in [-0.3, -0.25) is 0 Å². The minimum Gasteiger partial charge on any atom is -0.306 e. The Bertz CT molecular complexity index is 97.5. The lowest BCUT2D eigenvalue weighted by atomic mass is 9.97. The number of nitrogens with one attached hydrogen (secondary N) is 1. The molecular formula is C8H17ClN2.